The molecule has 0 radical (unpaired) electrons. The Kier molecular flexibility index (Phi) is 2.15. The van der Waals surface area contributed by atoms with E-state index < -0.39 is 17.3 Å². The third-order valence-electron chi connectivity index (χ3n) is 4.02. The summed E-state index contributed by atoms with van der Waals surface area (Å²) in [7, 11) is 0. The minimum Gasteiger partial charge on any atom is -0.378 e. The van der Waals surface area contributed by atoms with E-state index in [1.165, 1.54) is 0 Å². The molecule has 2 rings (SSSR count). The molecule has 2 saturated carbocycles. The fourth-order valence-electron chi connectivity index (χ4n) is 2.98. The van der Waals surface area contributed by atoms with Crippen LogP contribution in [0.2, 0.25) is 0 Å². The van der Waals surface area contributed by atoms with Crippen molar-refractivity contribution in [1.29, 1.82) is 0 Å². The quantitative estimate of drug-likeness (QED) is 0.686. The van der Waals surface area contributed by atoms with Crippen molar-refractivity contribution in [3.8, 4) is 0 Å². The Labute approximate surface area is 83.8 Å². The third-order valence-corrected chi connectivity index (χ3v) is 4.02. The molecule has 0 N–H and O–H groups in total. The molecule has 1 nitrogen and oxygen atoms in total. The zero-order valence-corrected chi connectivity index (χ0v) is 9.02. The van der Waals surface area contributed by atoms with E-state index in [2.05, 4.69) is 0 Å². The maximum atomic E-state index is 13.5. The summed E-state index contributed by atoms with van der Waals surface area (Å²) >= 11 is 0. The van der Waals surface area contributed by atoms with Crippen LogP contribution in [0.3, 0.4) is 0 Å². The number of fused-ring (bicyclic) bond motifs is 1. The van der Waals surface area contributed by atoms with Gasteiger partial charge in [-0.3, -0.25) is 0 Å². The molecule has 82 valence electrons. The van der Waals surface area contributed by atoms with E-state index in [9.17, 15) is 8.78 Å². The lowest BCUT2D eigenvalue weighted by Crippen LogP contribution is -2.26. The summed E-state index contributed by atoms with van der Waals surface area (Å²) < 4.78 is 32.4. The van der Waals surface area contributed by atoms with Crippen LogP contribution in [-0.4, -0.2) is 18.6 Å². The van der Waals surface area contributed by atoms with Crippen molar-refractivity contribution in [3.05, 3.63) is 0 Å². The first-order valence-electron chi connectivity index (χ1n) is 5.42. The number of ether oxygens (including phenoxy) is 1. The van der Waals surface area contributed by atoms with E-state index in [0.29, 0.717) is 6.42 Å². The average molecular weight is 204 g/mol. The molecule has 3 heteroatoms. The van der Waals surface area contributed by atoms with Gasteiger partial charge in [0.15, 0.2) is 0 Å². The lowest BCUT2D eigenvalue weighted by Gasteiger charge is -2.22. The lowest BCUT2D eigenvalue weighted by molar-refractivity contribution is -0.0347. The number of hydrogen-bond donors (Lipinski definition) is 0. The van der Waals surface area contributed by atoms with E-state index in [1.807, 2.05) is 20.8 Å². The molecule has 0 heterocycles. The number of halogens is 2. The molecule has 2 aliphatic rings. The lowest BCUT2D eigenvalue weighted by atomic mass is 9.92. The fourth-order valence-corrected chi connectivity index (χ4v) is 2.98. The van der Waals surface area contributed by atoms with Crippen LogP contribution in [0.5, 0.6) is 0 Å². The van der Waals surface area contributed by atoms with Gasteiger partial charge in [-0.25, -0.2) is 8.78 Å². The maximum Gasteiger partial charge on any atom is 0.260 e. The highest BCUT2D eigenvalue weighted by atomic mass is 19.3. The highest BCUT2D eigenvalue weighted by molar-refractivity contribution is 5.23. The molecule has 0 spiro atoms. The van der Waals surface area contributed by atoms with E-state index in [-0.39, 0.29) is 18.6 Å². The summed E-state index contributed by atoms with van der Waals surface area (Å²) in [4.78, 5) is 0. The molecule has 3 atom stereocenters. The molecule has 0 amide bonds. The predicted octanol–water partition coefficient (Wildman–Crippen LogP) is 3.09. The van der Waals surface area contributed by atoms with Crippen molar-refractivity contribution in [2.24, 2.45) is 17.3 Å². The first-order valence-corrected chi connectivity index (χ1v) is 5.42. The van der Waals surface area contributed by atoms with Crippen LogP contribution in [0.4, 0.5) is 8.78 Å². The van der Waals surface area contributed by atoms with Crippen LogP contribution >= 0.6 is 0 Å². The molecule has 0 aromatic rings. The van der Waals surface area contributed by atoms with Gasteiger partial charge in [0.2, 0.25) is 0 Å². The van der Waals surface area contributed by atoms with Gasteiger partial charge in [0, 0.05) is 5.92 Å². The van der Waals surface area contributed by atoms with Gasteiger partial charge in [-0.15, -0.1) is 0 Å². The molecule has 2 fully saturated rings. The van der Waals surface area contributed by atoms with E-state index >= 15 is 0 Å². The Hall–Kier alpha value is -0.180. The predicted molar refractivity (Wildman–Crippen MR) is 50.4 cm³/mol. The third kappa shape index (κ3) is 1.08. The SMILES string of the molecule is CC(C)OCC12C(C)CCC1C2(F)F. The van der Waals surface area contributed by atoms with Gasteiger partial charge in [0.05, 0.1) is 18.1 Å². The zero-order valence-electron chi connectivity index (χ0n) is 9.02. The Morgan fingerprint density at radius 3 is 2.43 bits per heavy atom. The summed E-state index contributed by atoms with van der Waals surface area (Å²) in [6, 6.07) is 0. The van der Waals surface area contributed by atoms with Crippen molar-refractivity contribution in [1.82, 2.24) is 0 Å². The molecule has 0 aliphatic heterocycles. The van der Waals surface area contributed by atoms with Crippen molar-refractivity contribution in [2.45, 2.75) is 45.6 Å². The second-order valence-corrected chi connectivity index (χ2v) is 5.05. The van der Waals surface area contributed by atoms with Crippen LogP contribution in [0, 0.1) is 17.3 Å². The first-order chi connectivity index (χ1) is 6.43. The topological polar surface area (TPSA) is 9.23 Å². The summed E-state index contributed by atoms with van der Waals surface area (Å²) in [6.45, 7) is 5.96. The van der Waals surface area contributed by atoms with Gasteiger partial charge in [0.1, 0.15) is 0 Å². The molecule has 2 aliphatic carbocycles. The van der Waals surface area contributed by atoms with Crippen LogP contribution < -0.4 is 0 Å². The average Bonchev–Trinajstić information content (AvgIpc) is 2.35. The van der Waals surface area contributed by atoms with Crippen LogP contribution in [0.25, 0.3) is 0 Å². The summed E-state index contributed by atoms with van der Waals surface area (Å²) in [6.07, 6.45) is 1.66. The van der Waals surface area contributed by atoms with Crippen LogP contribution in [-0.2, 0) is 4.74 Å². The molecular weight excluding hydrogens is 186 g/mol. The first kappa shape index (κ1) is 10.3. The van der Waals surface area contributed by atoms with Crippen molar-refractivity contribution in [2.75, 3.05) is 6.61 Å². The maximum absolute atomic E-state index is 13.5. The molecule has 0 bridgehead atoms. The Morgan fingerprint density at radius 2 is 2.00 bits per heavy atom. The monoisotopic (exact) mass is 204 g/mol. The smallest absolute Gasteiger partial charge is 0.260 e. The number of alkyl halides is 2. The fraction of sp³-hybridized carbons (Fsp3) is 1.00. The Balaban J connectivity index is 2.06. The van der Waals surface area contributed by atoms with Gasteiger partial charge in [-0.1, -0.05) is 6.92 Å². The largest absolute Gasteiger partial charge is 0.378 e. The standard InChI is InChI=1S/C11H18F2O/c1-7(2)14-6-10-8(3)4-5-9(10)11(10,12)13/h7-9H,4-6H2,1-3H3. The summed E-state index contributed by atoms with van der Waals surface area (Å²) in [5, 5.41) is 0. The second-order valence-electron chi connectivity index (χ2n) is 5.05. The van der Waals surface area contributed by atoms with E-state index in [1.54, 1.807) is 0 Å². The van der Waals surface area contributed by atoms with Gasteiger partial charge in [-0.2, -0.15) is 0 Å². The minimum atomic E-state index is -2.46. The van der Waals surface area contributed by atoms with E-state index in [4.69, 9.17) is 4.74 Å². The van der Waals surface area contributed by atoms with Crippen molar-refractivity contribution < 1.29 is 13.5 Å². The molecule has 3 unspecified atom stereocenters. The molecule has 0 aromatic carbocycles. The van der Waals surface area contributed by atoms with Gasteiger partial charge in [0.25, 0.3) is 5.92 Å². The van der Waals surface area contributed by atoms with Gasteiger partial charge < -0.3 is 4.74 Å². The highest BCUT2D eigenvalue weighted by Gasteiger charge is 2.84. The molecule has 14 heavy (non-hydrogen) atoms. The number of hydrogen-bond acceptors (Lipinski definition) is 1. The highest BCUT2D eigenvalue weighted by Crippen LogP contribution is 2.76. The van der Waals surface area contributed by atoms with Gasteiger partial charge in [-0.05, 0) is 32.6 Å². The molecular formula is C11H18F2O. The second kappa shape index (κ2) is 2.91. The normalized spacial score (nSPS) is 44.1. The van der Waals surface area contributed by atoms with Crippen LogP contribution in [0.1, 0.15) is 33.6 Å². The zero-order chi connectivity index (χ0) is 10.6. The molecule has 0 aromatic heterocycles. The van der Waals surface area contributed by atoms with E-state index in [0.717, 1.165) is 6.42 Å². The van der Waals surface area contributed by atoms with Crippen molar-refractivity contribution >= 4 is 0 Å². The molecule has 0 saturated heterocycles. The van der Waals surface area contributed by atoms with Gasteiger partial charge >= 0.3 is 0 Å². The van der Waals surface area contributed by atoms with Crippen LogP contribution in [0.15, 0.2) is 0 Å². The van der Waals surface area contributed by atoms with Crippen molar-refractivity contribution in [3.63, 3.8) is 0 Å². The minimum absolute atomic E-state index is 0.0502. The number of rotatable bonds is 3. The Bertz CT molecular complexity index is 239. The summed E-state index contributed by atoms with van der Waals surface area (Å²) in [5.41, 5.74) is -0.808. The Morgan fingerprint density at radius 1 is 1.36 bits per heavy atom. The summed E-state index contributed by atoms with van der Waals surface area (Å²) in [5.74, 6) is -2.75.